The quantitative estimate of drug-likeness (QED) is 0.899. The largest absolute Gasteiger partial charge is 0.496 e. The van der Waals surface area contributed by atoms with E-state index in [2.05, 4.69) is 33.4 Å². The molecule has 0 aromatic heterocycles. The summed E-state index contributed by atoms with van der Waals surface area (Å²) >= 11 is 3.51. The van der Waals surface area contributed by atoms with Crippen LogP contribution in [0.3, 0.4) is 0 Å². The predicted molar refractivity (Wildman–Crippen MR) is 70.8 cm³/mol. The molecule has 3 heteroatoms. The number of ether oxygens (including phenoxy) is 1. The Morgan fingerprint density at radius 1 is 1.31 bits per heavy atom. The zero-order valence-corrected chi connectivity index (χ0v) is 11.0. The first-order valence-corrected chi connectivity index (χ1v) is 6.34. The SMILES string of the molecule is COc1ccc(Br)cc1C1=CCCNCC1. The Labute approximate surface area is 105 Å². The molecule has 0 spiro atoms. The Balaban J connectivity index is 2.36. The fraction of sp³-hybridized carbons (Fsp3) is 0.385. The highest BCUT2D eigenvalue weighted by molar-refractivity contribution is 9.10. The third kappa shape index (κ3) is 2.66. The van der Waals surface area contributed by atoms with Crippen molar-refractivity contribution in [1.29, 1.82) is 0 Å². The van der Waals surface area contributed by atoms with Crippen molar-refractivity contribution in [2.75, 3.05) is 20.2 Å². The number of nitrogens with one attached hydrogen (secondary N) is 1. The molecule has 0 radical (unpaired) electrons. The summed E-state index contributed by atoms with van der Waals surface area (Å²) in [7, 11) is 1.72. The van der Waals surface area contributed by atoms with Gasteiger partial charge in [0, 0.05) is 10.0 Å². The van der Waals surface area contributed by atoms with Crippen molar-refractivity contribution in [3.63, 3.8) is 0 Å². The molecule has 0 saturated carbocycles. The minimum absolute atomic E-state index is 0.955. The monoisotopic (exact) mass is 281 g/mol. The van der Waals surface area contributed by atoms with Gasteiger partial charge in [-0.15, -0.1) is 0 Å². The Kier molecular flexibility index (Phi) is 4.02. The van der Waals surface area contributed by atoms with Crippen molar-refractivity contribution in [1.82, 2.24) is 5.32 Å². The van der Waals surface area contributed by atoms with Gasteiger partial charge >= 0.3 is 0 Å². The summed E-state index contributed by atoms with van der Waals surface area (Å²) in [6.07, 6.45) is 4.46. The Morgan fingerprint density at radius 3 is 3.00 bits per heavy atom. The summed E-state index contributed by atoms with van der Waals surface area (Å²) in [6.45, 7) is 2.11. The molecule has 0 atom stereocenters. The third-order valence-electron chi connectivity index (χ3n) is 2.79. The predicted octanol–water partition coefficient (Wildman–Crippen LogP) is 3.22. The zero-order chi connectivity index (χ0) is 11.4. The van der Waals surface area contributed by atoms with Gasteiger partial charge in [0.1, 0.15) is 5.75 Å². The van der Waals surface area contributed by atoms with Gasteiger partial charge in [-0.3, -0.25) is 0 Å². The van der Waals surface area contributed by atoms with Crippen LogP contribution in [0.15, 0.2) is 28.7 Å². The summed E-state index contributed by atoms with van der Waals surface area (Å²) in [5.41, 5.74) is 2.59. The van der Waals surface area contributed by atoms with E-state index in [-0.39, 0.29) is 0 Å². The number of rotatable bonds is 2. The van der Waals surface area contributed by atoms with Gasteiger partial charge in [0.2, 0.25) is 0 Å². The second-order valence-corrected chi connectivity index (χ2v) is 4.78. The number of methoxy groups -OCH3 is 1. The van der Waals surface area contributed by atoms with E-state index in [1.54, 1.807) is 7.11 Å². The summed E-state index contributed by atoms with van der Waals surface area (Å²) in [4.78, 5) is 0. The lowest BCUT2D eigenvalue weighted by atomic mass is 10.0. The zero-order valence-electron chi connectivity index (χ0n) is 9.42. The third-order valence-corrected chi connectivity index (χ3v) is 3.28. The van der Waals surface area contributed by atoms with Crippen LogP contribution in [0.5, 0.6) is 5.75 Å². The highest BCUT2D eigenvalue weighted by Crippen LogP contribution is 2.31. The number of halogens is 1. The van der Waals surface area contributed by atoms with E-state index in [4.69, 9.17) is 4.74 Å². The van der Waals surface area contributed by atoms with E-state index in [0.29, 0.717) is 0 Å². The first-order valence-electron chi connectivity index (χ1n) is 5.55. The molecule has 0 bridgehead atoms. The van der Waals surface area contributed by atoms with Crippen molar-refractivity contribution in [2.24, 2.45) is 0 Å². The molecule has 1 aromatic rings. The van der Waals surface area contributed by atoms with Crippen LogP contribution < -0.4 is 10.1 Å². The minimum atomic E-state index is 0.955. The average Bonchev–Trinajstić information content (AvgIpc) is 2.57. The summed E-state index contributed by atoms with van der Waals surface area (Å²) < 4.78 is 6.51. The van der Waals surface area contributed by atoms with E-state index < -0.39 is 0 Å². The van der Waals surface area contributed by atoms with Crippen molar-refractivity contribution in [2.45, 2.75) is 12.8 Å². The fourth-order valence-corrected chi connectivity index (χ4v) is 2.34. The second-order valence-electron chi connectivity index (χ2n) is 3.86. The standard InChI is InChI=1S/C13H16BrNO/c1-16-13-5-4-11(14)9-12(13)10-3-2-7-15-8-6-10/h3-5,9,15H,2,6-8H2,1H3. The molecule has 1 aliphatic rings. The molecule has 1 aliphatic heterocycles. The lowest BCUT2D eigenvalue weighted by Gasteiger charge is -2.11. The molecular weight excluding hydrogens is 266 g/mol. The van der Waals surface area contributed by atoms with Gasteiger partial charge in [0.25, 0.3) is 0 Å². The van der Waals surface area contributed by atoms with Crippen molar-refractivity contribution in [3.05, 3.63) is 34.3 Å². The van der Waals surface area contributed by atoms with Crippen LogP contribution in [0.4, 0.5) is 0 Å². The molecule has 2 rings (SSSR count). The molecule has 0 amide bonds. The maximum Gasteiger partial charge on any atom is 0.126 e. The highest BCUT2D eigenvalue weighted by atomic mass is 79.9. The molecular formula is C13H16BrNO. The van der Waals surface area contributed by atoms with Crippen LogP contribution in [0.25, 0.3) is 5.57 Å². The van der Waals surface area contributed by atoms with Gasteiger partial charge in [-0.2, -0.15) is 0 Å². The molecule has 1 heterocycles. The Hall–Kier alpha value is -0.800. The lowest BCUT2D eigenvalue weighted by Crippen LogP contribution is -2.13. The molecule has 0 aliphatic carbocycles. The maximum absolute atomic E-state index is 5.41. The molecule has 1 N–H and O–H groups in total. The normalized spacial score (nSPS) is 16.5. The van der Waals surface area contributed by atoms with Gasteiger partial charge < -0.3 is 10.1 Å². The van der Waals surface area contributed by atoms with Crippen molar-refractivity contribution < 1.29 is 4.74 Å². The summed E-state index contributed by atoms with van der Waals surface area (Å²) in [6, 6.07) is 6.16. The topological polar surface area (TPSA) is 21.3 Å². The van der Waals surface area contributed by atoms with E-state index >= 15 is 0 Å². The molecule has 1 aromatic carbocycles. The van der Waals surface area contributed by atoms with Crippen LogP contribution in [-0.2, 0) is 0 Å². The molecule has 86 valence electrons. The lowest BCUT2D eigenvalue weighted by molar-refractivity contribution is 0.413. The van der Waals surface area contributed by atoms with E-state index in [1.807, 2.05) is 12.1 Å². The van der Waals surface area contributed by atoms with Crippen LogP contribution in [-0.4, -0.2) is 20.2 Å². The van der Waals surface area contributed by atoms with Crippen LogP contribution in [0.2, 0.25) is 0 Å². The Bertz CT molecular complexity index is 401. The highest BCUT2D eigenvalue weighted by Gasteiger charge is 2.10. The number of hydrogen-bond donors (Lipinski definition) is 1. The smallest absolute Gasteiger partial charge is 0.126 e. The van der Waals surface area contributed by atoms with Crippen molar-refractivity contribution in [3.8, 4) is 5.75 Å². The van der Waals surface area contributed by atoms with Crippen LogP contribution in [0, 0.1) is 0 Å². The Morgan fingerprint density at radius 2 is 2.19 bits per heavy atom. The van der Waals surface area contributed by atoms with Crippen molar-refractivity contribution >= 4 is 21.5 Å². The maximum atomic E-state index is 5.41. The first kappa shape index (κ1) is 11.7. The molecule has 0 fully saturated rings. The van der Waals surface area contributed by atoms with Crippen LogP contribution >= 0.6 is 15.9 Å². The number of benzene rings is 1. The average molecular weight is 282 g/mol. The molecule has 16 heavy (non-hydrogen) atoms. The van der Waals surface area contributed by atoms with Gasteiger partial charge in [0.05, 0.1) is 7.11 Å². The molecule has 0 unspecified atom stereocenters. The minimum Gasteiger partial charge on any atom is -0.496 e. The first-order chi connectivity index (χ1) is 7.81. The van der Waals surface area contributed by atoms with Crippen LogP contribution in [0.1, 0.15) is 18.4 Å². The van der Waals surface area contributed by atoms with E-state index in [9.17, 15) is 0 Å². The van der Waals surface area contributed by atoms with E-state index in [0.717, 1.165) is 36.2 Å². The van der Waals surface area contributed by atoms with E-state index in [1.165, 1.54) is 11.1 Å². The molecule has 2 nitrogen and oxygen atoms in total. The summed E-state index contributed by atoms with van der Waals surface area (Å²) in [5, 5.41) is 3.39. The van der Waals surface area contributed by atoms with Gasteiger partial charge in [-0.05, 0) is 49.7 Å². The summed E-state index contributed by atoms with van der Waals surface area (Å²) in [5.74, 6) is 0.955. The van der Waals surface area contributed by atoms with Gasteiger partial charge in [0.15, 0.2) is 0 Å². The van der Waals surface area contributed by atoms with Gasteiger partial charge in [-0.1, -0.05) is 22.0 Å². The number of hydrogen-bond acceptors (Lipinski definition) is 2. The van der Waals surface area contributed by atoms with Gasteiger partial charge in [-0.25, -0.2) is 0 Å². The fourth-order valence-electron chi connectivity index (χ4n) is 1.97. The second kappa shape index (κ2) is 5.51. The molecule has 0 saturated heterocycles.